The number of fused-ring (bicyclic) bond motifs is 1. The van der Waals surface area contributed by atoms with Crippen LogP contribution in [-0.4, -0.2) is 56.9 Å². The van der Waals surface area contributed by atoms with Gasteiger partial charge in [-0.3, -0.25) is 18.9 Å². The molecule has 1 atom stereocenters. The summed E-state index contributed by atoms with van der Waals surface area (Å²) in [4.78, 5) is 35.9. The predicted octanol–water partition coefficient (Wildman–Crippen LogP) is 3.37. The van der Waals surface area contributed by atoms with Crippen LogP contribution in [0.3, 0.4) is 0 Å². The number of hydrogen-bond donors (Lipinski definition) is 0. The maximum Gasteiger partial charge on any atom is 0.267 e. The number of carbonyl (C=O) groups is 1. The Morgan fingerprint density at radius 2 is 2.06 bits per heavy atom. The zero-order chi connectivity index (χ0) is 22.2. The van der Waals surface area contributed by atoms with E-state index in [0.29, 0.717) is 32.8 Å². The quantitative estimate of drug-likeness (QED) is 0.501. The van der Waals surface area contributed by atoms with Gasteiger partial charge in [-0.1, -0.05) is 30.0 Å². The third-order valence-electron chi connectivity index (χ3n) is 6.28. The lowest BCUT2D eigenvalue weighted by atomic mass is 10.1. The van der Waals surface area contributed by atoms with Crippen molar-refractivity contribution in [2.24, 2.45) is 0 Å². The van der Waals surface area contributed by atoms with E-state index in [1.165, 1.54) is 18.2 Å². The van der Waals surface area contributed by atoms with E-state index in [4.69, 9.17) is 21.9 Å². The van der Waals surface area contributed by atoms with Gasteiger partial charge in [0.2, 0.25) is 0 Å². The van der Waals surface area contributed by atoms with Crippen LogP contribution in [0, 0.1) is 6.92 Å². The van der Waals surface area contributed by atoms with E-state index in [0.717, 1.165) is 50.9 Å². The van der Waals surface area contributed by atoms with Crippen molar-refractivity contribution >= 4 is 51.7 Å². The SMILES string of the molecule is Cc1cccn2c(=O)c(/C=C3/SC(=S)N(CC4CCCO4)C3=O)c(N3CCCCC3)nc12. The van der Waals surface area contributed by atoms with E-state index in [1.807, 2.05) is 19.1 Å². The summed E-state index contributed by atoms with van der Waals surface area (Å²) in [5.41, 5.74) is 1.88. The summed E-state index contributed by atoms with van der Waals surface area (Å²) in [5.74, 6) is 0.502. The van der Waals surface area contributed by atoms with Gasteiger partial charge in [0.15, 0.2) is 0 Å². The molecule has 0 bridgehead atoms. The zero-order valence-electron chi connectivity index (χ0n) is 18.1. The number of rotatable bonds is 4. The molecule has 3 aliphatic rings. The average Bonchev–Trinajstić information content (AvgIpc) is 3.41. The van der Waals surface area contributed by atoms with Gasteiger partial charge >= 0.3 is 0 Å². The summed E-state index contributed by atoms with van der Waals surface area (Å²) in [6.07, 6.45) is 8.71. The summed E-state index contributed by atoms with van der Waals surface area (Å²) in [7, 11) is 0. The number of anilines is 1. The Kier molecular flexibility index (Phi) is 6.05. The number of carbonyl (C=O) groups excluding carboxylic acids is 1. The van der Waals surface area contributed by atoms with Crippen LogP contribution in [0.1, 0.15) is 43.2 Å². The maximum absolute atomic E-state index is 13.5. The van der Waals surface area contributed by atoms with E-state index in [2.05, 4.69) is 4.90 Å². The Morgan fingerprint density at radius 3 is 2.81 bits per heavy atom. The van der Waals surface area contributed by atoms with Crippen molar-refractivity contribution < 1.29 is 9.53 Å². The number of ether oxygens (including phenoxy) is 1. The number of piperidine rings is 1. The number of thioether (sulfide) groups is 1. The van der Waals surface area contributed by atoms with E-state index in [-0.39, 0.29) is 17.6 Å². The fraction of sp³-hybridized carbons (Fsp3) is 0.478. The van der Waals surface area contributed by atoms with Gasteiger partial charge in [-0.05, 0) is 56.7 Å². The van der Waals surface area contributed by atoms with E-state index < -0.39 is 0 Å². The van der Waals surface area contributed by atoms with Gasteiger partial charge < -0.3 is 9.64 Å². The van der Waals surface area contributed by atoms with Crippen molar-refractivity contribution in [2.45, 2.75) is 45.1 Å². The van der Waals surface area contributed by atoms with Crippen molar-refractivity contribution in [1.29, 1.82) is 0 Å². The second kappa shape index (κ2) is 8.96. The molecule has 5 rings (SSSR count). The molecular weight excluding hydrogens is 444 g/mol. The molecule has 5 heterocycles. The smallest absolute Gasteiger partial charge is 0.267 e. The van der Waals surface area contributed by atoms with E-state index in [9.17, 15) is 9.59 Å². The first kappa shape index (κ1) is 21.6. The number of amides is 1. The molecule has 3 fully saturated rings. The first-order valence-corrected chi connectivity index (χ1v) is 12.4. The molecule has 1 unspecified atom stereocenters. The van der Waals surface area contributed by atoms with Gasteiger partial charge in [0.1, 0.15) is 15.8 Å². The molecule has 0 radical (unpaired) electrons. The highest BCUT2D eigenvalue weighted by atomic mass is 32.2. The highest BCUT2D eigenvalue weighted by Gasteiger charge is 2.35. The molecule has 7 nitrogen and oxygen atoms in total. The number of nitrogens with zero attached hydrogens (tertiary/aromatic N) is 4. The largest absolute Gasteiger partial charge is 0.376 e. The standard InChI is InChI=1S/C23H26N4O3S2/c1-15-7-5-11-26-19(15)24-20(25-9-3-2-4-10-25)17(21(26)28)13-18-22(29)27(23(31)32-18)14-16-8-6-12-30-16/h5,7,11,13,16H,2-4,6,8-10,12,14H2,1H3/b18-13+. The minimum Gasteiger partial charge on any atom is -0.376 e. The summed E-state index contributed by atoms with van der Waals surface area (Å²) in [6.45, 7) is 4.87. The number of aryl methyl sites for hydroxylation is 1. The molecule has 0 N–H and O–H groups in total. The summed E-state index contributed by atoms with van der Waals surface area (Å²) in [5, 5.41) is 0. The minimum absolute atomic E-state index is 0.0247. The van der Waals surface area contributed by atoms with Crippen molar-refractivity contribution in [1.82, 2.24) is 14.3 Å². The van der Waals surface area contributed by atoms with Crippen LogP contribution in [0.4, 0.5) is 5.82 Å². The first-order valence-electron chi connectivity index (χ1n) is 11.2. The lowest BCUT2D eigenvalue weighted by molar-refractivity contribution is -0.123. The van der Waals surface area contributed by atoms with E-state index >= 15 is 0 Å². The van der Waals surface area contributed by atoms with Crippen LogP contribution < -0.4 is 10.5 Å². The van der Waals surface area contributed by atoms with Crippen LogP contribution in [0.25, 0.3) is 11.7 Å². The normalized spacial score (nSPS) is 23.2. The summed E-state index contributed by atoms with van der Waals surface area (Å²) >= 11 is 6.74. The molecular formula is C23H26N4O3S2. The molecule has 3 saturated heterocycles. The first-order chi connectivity index (χ1) is 15.5. The Bertz CT molecular complexity index is 1160. The summed E-state index contributed by atoms with van der Waals surface area (Å²) < 4.78 is 7.78. The second-order valence-corrected chi connectivity index (χ2v) is 10.2. The van der Waals surface area contributed by atoms with Crippen LogP contribution >= 0.6 is 24.0 Å². The number of aromatic nitrogens is 2. The third-order valence-corrected chi connectivity index (χ3v) is 7.66. The maximum atomic E-state index is 13.5. The Balaban J connectivity index is 1.57. The van der Waals surface area contributed by atoms with Crippen molar-refractivity contribution in [3.63, 3.8) is 0 Å². The Labute approximate surface area is 196 Å². The number of thiocarbonyl (C=S) groups is 1. The third kappa shape index (κ3) is 3.97. The average molecular weight is 471 g/mol. The van der Waals surface area contributed by atoms with Gasteiger partial charge in [-0.25, -0.2) is 4.98 Å². The lowest BCUT2D eigenvalue weighted by Gasteiger charge is -2.29. The Hall–Kier alpha value is -2.23. The molecule has 2 aromatic rings. The van der Waals surface area contributed by atoms with Crippen LogP contribution in [0.2, 0.25) is 0 Å². The second-order valence-electron chi connectivity index (χ2n) is 8.51. The molecule has 32 heavy (non-hydrogen) atoms. The monoisotopic (exact) mass is 470 g/mol. The van der Waals surface area contributed by atoms with E-state index in [1.54, 1.807) is 21.6 Å². The molecule has 0 spiro atoms. The molecule has 0 aliphatic carbocycles. The predicted molar refractivity (Wildman–Crippen MR) is 131 cm³/mol. The van der Waals surface area contributed by atoms with Gasteiger partial charge in [0.25, 0.3) is 11.5 Å². The van der Waals surface area contributed by atoms with Crippen LogP contribution in [0.5, 0.6) is 0 Å². The number of pyridine rings is 1. The molecule has 0 aromatic carbocycles. The van der Waals surface area contributed by atoms with Crippen molar-refractivity contribution in [2.75, 3.05) is 31.1 Å². The fourth-order valence-electron chi connectivity index (χ4n) is 4.55. The highest BCUT2D eigenvalue weighted by molar-refractivity contribution is 8.26. The number of hydrogen-bond acceptors (Lipinski definition) is 7. The van der Waals surface area contributed by atoms with Crippen LogP contribution in [-0.2, 0) is 9.53 Å². The molecule has 0 saturated carbocycles. The Morgan fingerprint density at radius 1 is 1.25 bits per heavy atom. The van der Waals surface area contributed by atoms with Crippen molar-refractivity contribution in [3.8, 4) is 0 Å². The summed E-state index contributed by atoms with van der Waals surface area (Å²) in [6, 6.07) is 3.80. The van der Waals surface area contributed by atoms with Crippen molar-refractivity contribution in [3.05, 3.63) is 44.7 Å². The molecule has 1 amide bonds. The highest BCUT2D eigenvalue weighted by Crippen LogP contribution is 2.34. The molecule has 2 aromatic heterocycles. The lowest BCUT2D eigenvalue weighted by Crippen LogP contribution is -2.35. The zero-order valence-corrected chi connectivity index (χ0v) is 19.7. The van der Waals surface area contributed by atoms with Crippen LogP contribution in [0.15, 0.2) is 28.0 Å². The molecule has 9 heteroatoms. The fourth-order valence-corrected chi connectivity index (χ4v) is 5.81. The van der Waals surface area contributed by atoms with Gasteiger partial charge in [-0.2, -0.15) is 0 Å². The van der Waals surface area contributed by atoms with Gasteiger partial charge in [0.05, 0.1) is 23.1 Å². The van der Waals surface area contributed by atoms with Gasteiger partial charge in [-0.15, -0.1) is 0 Å². The topological polar surface area (TPSA) is 67.2 Å². The molecule has 168 valence electrons. The minimum atomic E-state index is -0.163. The van der Waals surface area contributed by atoms with Gasteiger partial charge in [0, 0.05) is 25.9 Å². The molecule has 3 aliphatic heterocycles.